The topological polar surface area (TPSA) is 95.1 Å². The Morgan fingerprint density at radius 1 is 1.12 bits per heavy atom. The van der Waals surface area contributed by atoms with Crippen LogP contribution in [0.25, 0.3) is 6.08 Å². The lowest BCUT2D eigenvalue weighted by atomic mass is 10.00. The van der Waals surface area contributed by atoms with E-state index in [0.29, 0.717) is 37.8 Å². The van der Waals surface area contributed by atoms with Crippen molar-refractivity contribution in [1.29, 1.82) is 0 Å². The Bertz CT molecular complexity index is 1820. The summed E-state index contributed by atoms with van der Waals surface area (Å²) in [6.45, 7) is 2.39. The Kier molecular flexibility index (Phi) is 7.40. The minimum Gasteiger partial charge on any atom is -0.493 e. The molecular formula is C29H25F2N3O5S. The molecule has 5 rings (SSSR count). The van der Waals surface area contributed by atoms with Gasteiger partial charge < -0.3 is 19.2 Å². The zero-order chi connectivity index (χ0) is 28.6. The van der Waals surface area contributed by atoms with Crippen LogP contribution in [0.4, 0.5) is 14.5 Å². The fourth-order valence-electron chi connectivity index (χ4n) is 4.50. The summed E-state index contributed by atoms with van der Waals surface area (Å²) in [6, 6.07) is 14.4. The van der Waals surface area contributed by atoms with Gasteiger partial charge in [-0.1, -0.05) is 35.6 Å². The van der Waals surface area contributed by atoms with Crippen molar-refractivity contribution in [1.82, 2.24) is 4.57 Å². The van der Waals surface area contributed by atoms with Crippen molar-refractivity contribution in [2.75, 3.05) is 12.4 Å². The molecule has 8 nitrogen and oxygen atoms in total. The highest BCUT2D eigenvalue weighted by Gasteiger charge is 2.34. The van der Waals surface area contributed by atoms with Gasteiger partial charge in [-0.25, -0.2) is 4.99 Å². The zero-order valence-corrected chi connectivity index (χ0v) is 22.8. The van der Waals surface area contributed by atoms with E-state index in [0.717, 1.165) is 16.9 Å². The van der Waals surface area contributed by atoms with E-state index in [4.69, 9.17) is 9.15 Å². The van der Waals surface area contributed by atoms with E-state index in [9.17, 15) is 18.4 Å². The van der Waals surface area contributed by atoms with Gasteiger partial charge in [0.25, 0.3) is 11.5 Å². The molecule has 40 heavy (non-hydrogen) atoms. The quantitative estimate of drug-likeness (QED) is 0.351. The van der Waals surface area contributed by atoms with Gasteiger partial charge in [-0.3, -0.25) is 14.2 Å². The molecule has 0 radical (unpaired) electrons. The number of fused-ring (bicyclic) bond motifs is 1. The van der Waals surface area contributed by atoms with Gasteiger partial charge in [0, 0.05) is 5.69 Å². The molecule has 1 unspecified atom stereocenters. The average Bonchev–Trinajstić information content (AvgIpc) is 3.47. The molecule has 1 aliphatic heterocycles. The number of amides is 1. The minimum absolute atomic E-state index is 0.0942. The third-order valence-corrected chi connectivity index (χ3v) is 7.37. The van der Waals surface area contributed by atoms with E-state index < -0.39 is 18.6 Å². The number of anilines is 1. The van der Waals surface area contributed by atoms with Gasteiger partial charge in [0.05, 0.1) is 22.9 Å². The maximum Gasteiger partial charge on any atom is 0.387 e. The van der Waals surface area contributed by atoms with Gasteiger partial charge >= 0.3 is 6.61 Å². The minimum atomic E-state index is -3.01. The Labute approximate surface area is 231 Å². The number of para-hydroxylation sites is 1. The van der Waals surface area contributed by atoms with Crippen LogP contribution in [-0.4, -0.2) is 24.2 Å². The summed E-state index contributed by atoms with van der Waals surface area (Å²) in [5, 5.41) is 2.95. The number of nitrogens with zero attached hydrogens (tertiary/aromatic N) is 2. The largest absolute Gasteiger partial charge is 0.493 e. The molecule has 0 saturated heterocycles. The number of alkyl halides is 2. The maximum atomic E-state index is 13.8. The summed E-state index contributed by atoms with van der Waals surface area (Å²) in [4.78, 5) is 32.4. The van der Waals surface area contributed by atoms with Crippen molar-refractivity contribution < 1.29 is 27.5 Å². The SMILES string of the molecule is COc1cc(/C=c2/sc3n(c2=O)C(c2ccc(C)o2)C(C(=O)Nc2ccccc2C)=C(C)N=3)ccc1OC(F)F. The molecule has 0 bridgehead atoms. The van der Waals surface area contributed by atoms with Crippen molar-refractivity contribution in [3.63, 3.8) is 0 Å². The fourth-order valence-corrected chi connectivity index (χ4v) is 5.55. The van der Waals surface area contributed by atoms with Gasteiger partial charge in [0.1, 0.15) is 17.6 Å². The number of benzene rings is 2. The monoisotopic (exact) mass is 565 g/mol. The Morgan fingerprint density at radius 2 is 1.90 bits per heavy atom. The van der Waals surface area contributed by atoms with Crippen molar-refractivity contribution in [3.05, 3.63) is 108 Å². The lowest BCUT2D eigenvalue weighted by molar-refractivity contribution is -0.113. The third kappa shape index (κ3) is 5.20. The number of aryl methyl sites for hydroxylation is 2. The van der Waals surface area contributed by atoms with Crippen LogP contribution in [0, 0.1) is 13.8 Å². The molecule has 3 heterocycles. The first-order chi connectivity index (χ1) is 19.2. The van der Waals surface area contributed by atoms with E-state index in [2.05, 4.69) is 15.0 Å². The van der Waals surface area contributed by atoms with Crippen LogP contribution in [0.3, 0.4) is 0 Å². The van der Waals surface area contributed by atoms with E-state index in [1.807, 2.05) is 25.1 Å². The molecular weight excluding hydrogens is 540 g/mol. The standard InChI is InChI=1S/C29H25F2N3O5S/c1-15-7-5-6-8-19(15)33-26(35)24-17(3)32-29-34(25(24)21-11-9-16(2)38-21)27(36)23(40-29)14-18-10-12-20(39-28(30)31)22(13-18)37-4/h5-14,25,28H,1-4H3,(H,33,35)/b23-14+. The summed E-state index contributed by atoms with van der Waals surface area (Å²) in [6.07, 6.45) is 1.61. The number of methoxy groups -OCH3 is 1. The normalized spacial score (nSPS) is 15.2. The highest BCUT2D eigenvalue weighted by molar-refractivity contribution is 7.07. The van der Waals surface area contributed by atoms with Crippen molar-refractivity contribution in [2.45, 2.75) is 33.4 Å². The van der Waals surface area contributed by atoms with Crippen LogP contribution >= 0.6 is 11.3 Å². The molecule has 1 N–H and O–H groups in total. The molecule has 0 saturated carbocycles. The molecule has 1 aliphatic rings. The number of aromatic nitrogens is 1. The van der Waals surface area contributed by atoms with Gasteiger partial charge in [-0.2, -0.15) is 8.78 Å². The van der Waals surface area contributed by atoms with Crippen molar-refractivity contribution >= 4 is 29.0 Å². The van der Waals surface area contributed by atoms with Gasteiger partial charge in [-0.15, -0.1) is 0 Å². The maximum absolute atomic E-state index is 13.8. The number of ether oxygens (including phenoxy) is 2. The summed E-state index contributed by atoms with van der Waals surface area (Å²) >= 11 is 1.14. The highest BCUT2D eigenvalue weighted by Crippen LogP contribution is 2.32. The molecule has 11 heteroatoms. The van der Waals surface area contributed by atoms with Gasteiger partial charge in [-0.05, 0) is 68.3 Å². The van der Waals surface area contributed by atoms with E-state index in [-0.39, 0.29) is 22.6 Å². The van der Waals surface area contributed by atoms with E-state index in [1.54, 1.807) is 38.1 Å². The van der Waals surface area contributed by atoms with Crippen LogP contribution in [0.5, 0.6) is 11.5 Å². The summed E-state index contributed by atoms with van der Waals surface area (Å²) < 4.78 is 42.8. The van der Waals surface area contributed by atoms with Crippen LogP contribution in [0.15, 0.2) is 80.1 Å². The lowest BCUT2D eigenvalue weighted by Crippen LogP contribution is -2.40. The Balaban J connectivity index is 1.62. The number of furan rings is 1. The number of halogens is 2. The molecule has 2 aromatic carbocycles. The Hall–Kier alpha value is -4.51. The third-order valence-electron chi connectivity index (χ3n) is 6.39. The van der Waals surface area contributed by atoms with E-state index in [1.165, 1.54) is 29.9 Å². The van der Waals surface area contributed by atoms with Crippen molar-refractivity contribution in [2.24, 2.45) is 4.99 Å². The molecule has 0 aliphatic carbocycles. The number of allylic oxidation sites excluding steroid dienone is 1. The molecule has 4 aromatic rings. The van der Waals surface area contributed by atoms with Crippen LogP contribution < -0.4 is 29.7 Å². The van der Waals surface area contributed by atoms with E-state index >= 15 is 0 Å². The number of thiazole rings is 1. The predicted molar refractivity (Wildman–Crippen MR) is 147 cm³/mol. The predicted octanol–water partition coefficient (Wildman–Crippen LogP) is 4.69. The van der Waals surface area contributed by atoms with Gasteiger partial charge in [0.15, 0.2) is 16.3 Å². The first-order valence-corrected chi connectivity index (χ1v) is 13.1. The van der Waals surface area contributed by atoms with Crippen molar-refractivity contribution in [3.8, 4) is 11.5 Å². The second-order valence-electron chi connectivity index (χ2n) is 9.09. The lowest BCUT2D eigenvalue weighted by Gasteiger charge is -2.23. The van der Waals surface area contributed by atoms with Crippen LogP contribution in [0.1, 0.15) is 35.6 Å². The number of rotatable bonds is 7. The first-order valence-electron chi connectivity index (χ1n) is 12.2. The first kappa shape index (κ1) is 27.1. The molecule has 206 valence electrons. The number of carbonyl (C=O) groups excluding carboxylic acids is 1. The second kappa shape index (κ2) is 10.9. The molecule has 0 spiro atoms. The fraction of sp³-hybridized carbons (Fsp3) is 0.207. The Morgan fingerprint density at radius 3 is 2.58 bits per heavy atom. The molecule has 2 aromatic heterocycles. The number of hydrogen-bond donors (Lipinski definition) is 1. The van der Waals surface area contributed by atoms with Gasteiger partial charge in [0.2, 0.25) is 0 Å². The van der Waals surface area contributed by atoms with Crippen LogP contribution in [-0.2, 0) is 4.79 Å². The molecule has 0 fully saturated rings. The average molecular weight is 566 g/mol. The second-order valence-corrected chi connectivity index (χ2v) is 10.1. The molecule has 1 atom stereocenters. The number of hydrogen-bond acceptors (Lipinski definition) is 7. The summed E-state index contributed by atoms with van der Waals surface area (Å²) in [5.74, 6) is 0.623. The smallest absolute Gasteiger partial charge is 0.387 e. The number of nitrogens with one attached hydrogen (secondary N) is 1. The highest BCUT2D eigenvalue weighted by atomic mass is 32.1. The van der Waals surface area contributed by atoms with Crippen LogP contribution in [0.2, 0.25) is 0 Å². The zero-order valence-electron chi connectivity index (χ0n) is 22.0. The summed E-state index contributed by atoms with van der Waals surface area (Å²) in [7, 11) is 1.34. The molecule has 1 amide bonds. The number of carbonyl (C=O) groups is 1. The summed E-state index contributed by atoms with van der Waals surface area (Å²) in [5.41, 5.74) is 2.41.